The van der Waals surface area contributed by atoms with Crippen molar-refractivity contribution in [1.82, 2.24) is 9.88 Å². The van der Waals surface area contributed by atoms with E-state index in [1.165, 1.54) is 19.3 Å². The van der Waals surface area contributed by atoms with Crippen LogP contribution in [0.15, 0.2) is 24.4 Å². The normalized spacial score (nSPS) is 27.9. The van der Waals surface area contributed by atoms with Gasteiger partial charge in [-0.2, -0.15) is 0 Å². The SMILES string of the molecule is CC1CCCC(C)N1C(CN)c1ccccn1. The van der Waals surface area contributed by atoms with E-state index in [1.807, 2.05) is 18.3 Å². The fourth-order valence-electron chi connectivity index (χ4n) is 3.02. The summed E-state index contributed by atoms with van der Waals surface area (Å²) in [4.78, 5) is 7.02. The number of aromatic nitrogens is 1. The largest absolute Gasteiger partial charge is 0.329 e. The Morgan fingerprint density at radius 2 is 2.06 bits per heavy atom. The van der Waals surface area contributed by atoms with Gasteiger partial charge in [-0.05, 0) is 38.8 Å². The third kappa shape index (κ3) is 2.67. The summed E-state index contributed by atoms with van der Waals surface area (Å²) >= 11 is 0. The van der Waals surface area contributed by atoms with Crippen molar-refractivity contribution >= 4 is 0 Å². The quantitative estimate of drug-likeness (QED) is 0.871. The molecule has 1 saturated heterocycles. The van der Waals surface area contributed by atoms with Crippen LogP contribution < -0.4 is 5.73 Å². The van der Waals surface area contributed by atoms with Crippen LogP contribution in [0.2, 0.25) is 0 Å². The zero-order valence-corrected chi connectivity index (χ0v) is 10.8. The molecule has 1 aliphatic rings. The van der Waals surface area contributed by atoms with Crippen molar-refractivity contribution in [2.75, 3.05) is 6.54 Å². The molecule has 17 heavy (non-hydrogen) atoms. The van der Waals surface area contributed by atoms with Gasteiger partial charge in [0.25, 0.3) is 0 Å². The molecule has 0 aromatic carbocycles. The van der Waals surface area contributed by atoms with Crippen LogP contribution in [0.1, 0.15) is 44.8 Å². The van der Waals surface area contributed by atoms with Gasteiger partial charge in [-0.25, -0.2) is 0 Å². The Kier molecular flexibility index (Phi) is 4.13. The minimum absolute atomic E-state index is 0.265. The van der Waals surface area contributed by atoms with Gasteiger partial charge in [-0.1, -0.05) is 12.5 Å². The molecule has 2 rings (SSSR count). The first-order valence-electron chi connectivity index (χ1n) is 6.62. The minimum Gasteiger partial charge on any atom is -0.329 e. The van der Waals surface area contributed by atoms with Gasteiger partial charge in [0, 0.05) is 24.8 Å². The van der Waals surface area contributed by atoms with Crippen LogP contribution in [0.4, 0.5) is 0 Å². The molecule has 0 radical (unpaired) electrons. The van der Waals surface area contributed by atoms with Crippen molar-refractivity contribution < 1.29 is 0 Å². The molecule has 1 aromatic heterocycles. The lowest BCUT2D eigenvalue weighted by atomic mass is 9.94. The highest BCUT2D eigenvalue weighted by Crippen LogP contribution is 2.30. The lowest BCUT2D eigenvalue weighted by Crippen LogP contribution is -2.48. The third-order valence-corrected chi connectivity index (χ3v) is 3.87. The number of hydrogen-bond acceptors (Lipinski definition) is 3. The number of likely N-dealkylation sites (tertiary alicyclic amines) is 1. The maximum Gasteiger partial charge on any atom is 0.0649 e. The molecule has 1 aromatic rings. The van der Waals surface area contributed by atoms with Crippen molar-refractivity contribution in [3.63, 3.8) is 0 Å². The summed E-state index contributed by atoms with van der Waals surface area (Å²) < 4.78 is 0. The Balaban J connectivity index is 2.22. The number of nitrogens with zero attached hydrogens (tertiary/aromatic N) is 2. The number of nitrogens with two attached hydrogens (primary N) is 1. The second-order valence-electron chi connectivity index (χ2n) is 5.08. The highest BCUT2D eigenvalue weighted by atomic mass is 15.2. The molecule has 2 heterocycles. The average Bonchev–Trinajstić information content (AvgIpc) is 2.35. The maximum absolute atomic E-state index is 5.98. The molecule has 0 amide bonds. The number of rotatable bonds is 3. The number of piperidine rings is 1. The topological polar surface area (TPSA) is 42.1 Å². The van der Waals surface area contributed by atoms with Gasteiger partial charge in [0.15, 0.2) is 0 Å². The van der Waals surface area contributed by atoms with E-state index < -0.39 is 0 Å². The molecule has 3 unspecified atom stereocenters. The molecule has 0 spiro atoms. The van der Waals surface area contributed by atoms with E-state index in [0.29, 0.717) is 18.6 Å². The minimum atomic E-state index is 0.265. The number of hydrogen-bond donors (Lipinski definition) is 1. The van der Waals surface area contributed by atoms with Gasteiger partial charge >= 0.3 is 0 Å². The zero-order chi connectivity index (χ0) is 12.3. The van der Waals surface area contributed by atoms with Crippen molar-refractivity contribution in [2.45, 2.75) is 51.2 Å². The summed E-state index contributed by atoms with van der Waals surface area (Å²) in [6.45, 7) is 5.26. The van der Waals surface area contributed by atoms with Crippen LogP contribution in [0, 0.1) is 0 Å². The van der Waals surface area contributed by atoms with E-state index in [1.54, 1.807) is 0 Å². The molecular formula is C14H23N3. The van der Waals surface area contributed by atoms with Gasteiger partial charge in [0.2, 0.25) is 0 Å². The molecule has 3 nitrogen and oxygen atoms in total. The van der Waals surface area contributed by atoms with Gasteiger partial charge in [0.1, 0.15) is 0 Å². The molecule has 2 N–H and O–H groups in total. The first-order valence-corrected chi connectivity index (χ1v) is 6.62. The van der Waals surface area contributed by atoms with Crippen LogP contribution in [-0.2, 0) is 0 Å². The maximum atomic E-state index is 5.98. The number of pyridine rings is 1. The molecule has 3 heteroatoms. The van der Waals surface area contributed by atoms with Crippen molar-refractivity contribution in [3.05, 3.63) is 30.1 Å². The smallest absolute Gasteiger partial charge is 0.0649 e. The van der Waals surface area contributed by atoms with E-state index in [0.717, 1.165) is 5.69 Å². The van der Waals surface area contributed by atoms with Gasteiger partial charge in [-0.15, -0.1) is 0 Å². The Bertz CT molecular complexity index is 329. The summed E-state index contributed by atoms with van der Waals surface area (Å²) in [5.41, 5.74) is 7.09. The molecule has 0 saturated carbocycles. The highest BCUT2D eigenvalue weighted by Gasteiger charge is 2.31. The van der Waals surface area contributed by atoms with E-state index in [9.17, 15) is 0 Å². The molecule has 0 aliphatic carbocycles. The second-order valence-corrected chi connectivity index (χ2v) is 5.08. The van der Waals surface area contributed by atoms with Crippen LogP contribution in [0.5, 0.6) is 0 Å². The second kappa shape index (κ2) is 5.61. The van der Waals surface area contributed by atoms with Crippen molar-refractivity contribution in [1.29, 1.82) is 0 Å². The van der Waals surface area contributed by atoms with Crippen LogP contribution in [0.25, 0.3) is 0 Å². The Morgan fingerprint density at radius 1 is 1.35 bits per heavy atom. The average molecular weight is 233 g/mol. The predicted molar refractivity (Wildman–Crippen MR) is 70.6 cm³/mol. The standard InChI is InChI=1S/C14H23N3/c1-11-6-5-7-12(2)17(11)14(10-15)13-8-3-4-9-16-13/h3-4,8-9,11-12,14H,5-7,10,15H2,1-2H3. The van der Waals surface area contributed by atoms with Gasteiger partial charge in [-0.3, -0.25) is 9.88 Å². The summed E-state index contributed by atoms with van der Waals surface area (Å²) in [6, 6.07) is 7.57. The summed E-state index contributed by atoms with van der Waals surface area (Å²) in [6.07, 6.45) is 5.73. The molecular weight excluding hydrogens is 210 g/mol. The third-order valence-electron chi connectivity index (χ3n) is 3.87. The van der Waals surface area contributed by atoms with Crippen LogP contribution in [-0.4, -0.2) is 28.5 Å². The predicted octanol–water partition coefficient (Wildman–Crippen LogP) is 2.34. The summed E-state index contributed by atoms with van der Waals surface area (Å²) in [7, 11) is 0. The van der Waals surface area contributed by atoms with Crippen LogP contribution in [0.3, 0.4) is 0 Å². The first kappa shape index (κ1) is 12.5. The monoisotopic (exact) mass is 233 g/mol. The van der Waals surface area contributed by atoms with Gasteiger partial charge in [0.05, 0.1) is 11.7 Å². The molecule has 1 aliphatic heterocycles. The Morgan fingerprint density at radius 3 is 2.59 bits per heavy atom. The molecule has 94 valence electrons. The fraction of sp³-hybridized carbons (Fsp3) is 0.643. The Hall–Kier alpha value is -0.930. The van der Waals surface area contributed by atoms with Crippen molar-refractivity contribution in [3.8, 4) is 0 Å². The Labute approximate surface area is 104 Å². The van der Waals surface area contributed by atoms with E-state index in [-0.39, 0.29) is 6.04 Å². The molecule has 1 fully saturated rings. The summed E-state index contributed by atoms with van der Waals surface area (Å²) in [5, 5.41) is 0. The van der Waals surface area contributed by atoms with E-state index in [4.69, 9.17) is 5.73 Å². The van der Waals surface area contributed by atoms with E-state index in [2.05, 4.69) is 29.8 Å². The van der Waals surface area contributed by atoms with E-state index >= 15 is 0 Å². The van der Waals surface area contributed by atoms with Crippen molar-refractivity contribution in [2.24, 2.45) is 5.73 Å². The lowest BCUT2D eigenvalue weighted by molar-refractivity contribution is 0.0559. The zero-order valence-electron chi connectivity index (χ0n) is 10.8. The van der Waals surface area contributed by atoms with Crippen LogP contribution >= 0.6 is 0 Å². The fourth-order valence-corrected chi connectivity index (χ4v) is 3.02. The molecule has 0 bridgehead atoms. The summed E-state index contributed by atoms with van der Waals surface area (Å²) in [5.74, 6) is 0. The first-order chi connectivity index (χ1) is 8.24. The molecule has 3 atom stereocenters. The van der Waals surface area contributed by atoms with Gasteiger partial charge < -0.3 is 5.73 Å². The highest BCUT2D eigenvalue weighted by molar-refractivity contribution is 5.10. The lowest BCUT2D eigenvalue weighted by Gasteiger charge is -2.43.